The molecule has 4 aromatic rings. The fraction of sp³-hybridized carbons (Fsp3) is 0.0417. The number of hydrogen-bond acceptors (Lipinski definition) is 4. The molecule has 0 atom stereocenters. The van der Waals surface area contributed by atoms with Crippen LogP contribution in [0, 0.1) is 0 Å². The average Bonchev–Trinajstić information content (AvgIpc) is 2.80. The first-order valence-electron chi connectivity index (χ1n) is 9.46. The third-order valence-corrected chi connectivity index (χ3v) is 4.67. The van der Waals surface area contributed by atoms with Crippen LogP contribution in [0.3, 0.4) is 0 Å². The van der Waals surface area contributed by atoms with Gasteiger partial charge in [-0.3, -0.25) is 10.1 Å². The summed E-state index contributed by atoms with van der Waals surface area (Å²) in [7, 11) is 0. The van der Waals surface area contributed by atoms with Crippen LogP contribution in [0.1, 0.15) is 0 Å². The number of carbonyl (C=O) groups is 1. The standard InChI is InChI=1S/C24H19ClN4O/c25-19-11-13-20(14-12-19)26-16-23(30)29-24-27-21(17-7-3-1-4-8-17)15-22(28-24)18-9-5-2-6-10-18/h1-15,26H,16H2,(H,27,28,29,30). The van der Waals surface area contributed by atoms with Gasteiger partial charge in [0, 0.05) is 21.8 Å². The van der Waals surface area contributed by atoms with Crippen LogP contribution >= 0.6 is 11.6 Å². The van der Waals surface area contributed by atoms with Crippen LogP contribution in [0.5, 0.6) is 0 Å². The Hall–Kier alpha value is -3.70. The van der Waals surface area contributed by atoms with E-state index in [0.717, 1.165) is 28.2 Å². The molecule has 148 valence electrons. The molecule has 3 aromatic carbocycles. The van der Waals surface area contributed by atoms with Crippen molar-refractivity contribution < 1.29 is 4.79 Å². The maximum atomic E-state index is 12.5. The minimum atomic E-state index is -0.242. The number of halogens is 1. The Morgan fingerprint density at radius 1 is 0.767 bits per heavy atom. The highest BCUT2D eigenvalue weighted by Gasteiger charge is 2.11. The number of amides is 1. The van der Waals surface area contributed by atoms with Crippen molar-refractivity contribution >= 4 is 29.1 Å². The number of carbonyl (C=O) groups excluding carboxylic acids is 1. The predicted molar refractivity (Wildman–Crippen MR) is 121 cm³/mol. The number of benzene rings is 3. The van der Waals surface area contributed by atoms with E-state index < -0.39 is 0 Å². The second-order valence-electron chi connectivity index (χ2n) is 6.60. The first-order chi connectivity index (χ1) is 14.7. The van der Waals surface area contributed by atoms with Gasteiger partial charge in [-0.25, -0.2) is 9.97 Å². The van der Waals surface area contributed by atoms with Crippen molar-refractivity contribution in [2.45, 2.75) is 0 Å². The van der Waals surface area contributed by atoms with E-state index in [-0.39, 0.29) is 18.4 Å². The lowest BCUT2D eigenvalue weighted by atomic mass is 10.1. The molecule has 2 N–H and O–H groups in total. The van der Waals surface area contributed by atoms with Gasteiger partial charge >= 0.3 is 0 Å². The van der Waals surface area contributed by atoms with E-state index in [0.29, 0.717) is 5.02 Å². The van der Waals surface area contributed by atoms with Gasteiger partial charge in [-0.1, -0.05) is 72.3 Å². The van der Waals surface area contributed by atoms with Gasteiger partial charge in [0.2, 0.25) is 11.9 Å². The minimum absolute atomic E-state index is 0.0846. The molecule has 1 amide bonds. The molecular weight excluding hydrogens is 396 g/mol. The van der Waals surface area contributed by atoms with Crippen molar-refractivity contribution in [2.75, 3.05) is 17.2 Å². The number of aromatic nitrogens is 2. The monoisotopic (exact) mass is 414 g/mol. The lowest BCUT2D eigenvalue weighted by Crippen LogP contribution is -2.23. The van der Waals surface area contributed by atoms with Crippen LogP contribution in [-0.4, -0.2) is 22.4 Å². The highest BCUT2D eigenvalue weighted by molar-refractivity contribution is 6.30. The largest absolute Gasteiger partial charge is 0.376 e. The predicted octanol–water partition coefficient (Wildman–Crippen LogP) is 5.51. The average molecular weight is 415 g/mol. The fourth-order valence-corrected chi connectivity index (χ4v) is 3.06. The molecule has 0 saturated carbocycles. The summed E-state index contributed by atoms with van der Waals surface area (Å²) in [6, 6.07) is 28.7. The maximum absolute atomic E-state index is 12.5. The van der Waals surface area contributed by atoms with Gasteiger partial charge in [-0.05, 0) is 30.3 Å². The van der Waals surface area contributed by atoms with E-state index >= 15 is 0 Å². The molecule has 0 unspecified atom stereocenters. The molecule has 0 spiro atoms. The van der Waals surface area contributed by atoms with Crippen LogP contribution in [0.15, 0.2) is 91.0 Å². The lowest BCUT2D eigenvalue weighted by molar-refractivity contribution is -0.114. The van der Waals surface area contributed by atoms with Gasteiger partial charge in [0.25, 0.3) is 0 Å². The molecule has 1 heterocycles. The number of rotatable bonds is 6. The smallest absolute Gasteiger partial charge is 0.246 e. The second kappa shape index (κ2) is 9.20. The quantitative estimate of drug-likeness (QED) is 0.436. The Morgan fingerprint density at radius 2 is 1.30 bits per heavy atom. The summed E-state index contributed by atoms with van der Waals surface area (Å²) in [6.45, 7) is 0.0846. The molecule has 30 heavy (non-hydrogen) atoms. The van der Waals surface area contributed by atoms with Crippen molar-refractivity contribution in [3.8, 4) is 22.5 Å². The van der Waals surface area contributed by atoms with Crippen molar-refractivity contribution in [1.82, 2.24) is 9.97 Å². The Labute approximate surface area is 179 Å². The molecule has 6 heteroatoms. The Kier molecular flexibility index (Phi) is 6.01. The lowest BCUT2D eigenvalue weighted by Gasteiger charge is -2.11. The zero-order valence-electron chi connectivity index (χ0n) is 16.0. The summed E-state index contributed by atoms with van der Waals surface area (Å²) in [6.07, 6.45) is 0. The van der Waals surface area contributed by atoms with Crippen LogP contribution in [0.25, 0.3) is 22.5 Å². The zero-order chi connectivity index (χ0) is 20.8. The molecule has 0 aliphatic carbocycles. The van der Waals surface area contributed by atoms with Crippen LogP contribution in [0.4, 0.5) is 11.6 Å². The van der Waals surface area contributed by atoms with E-state index in [4.69, 9.17) is 11.6 Å². The third-order valence-electron chi connectivity index (χ3n) is 4.41. The topological polar surface area (TPSA) is 66.9 Å². The van der Waals surface area contributed by atoms with Crippen LogP contribution in [0.2, 0.25) is 5.02 Å². The summed E-state index contributed by atoms with van der Waals surface area (Å²) in [5.74, 6) is 0.0206. The van der Waals surface area contributed by atoms with Gasteiger partial charge in [0.15, 0.2) is 0 Å². The van der Waals surface area contributed by atoms with Crippen molar-refractivity contribution in [3.05, 3.63) is 96.0 Å². The molecule has 5 nitrogen and oxygen atoms in total. The van der Waals surface area contributed by atoms with Crippen molar-refractivity contribution in [2.24, 2.45) is 0 Å². The number of nitrogens with zero attached hydrogens (tertiary/aromatic N) is 2. The minimum Gasteiger partial charge on any atom is -0.376 e. The maximum Gasteiger partial charge on any atom is 0.246 e. The summed E-state index contributed by atoms with van der Waals surface area (Å²) in [5, 5.41) is 6.50. The summed E-state index contributed by atoms with van der Waals surface area (Å²) < 4.78 is 0. The van der Waals surface area contributed by atoms with Gasteiger partial charge in [-0.15, -0.1) is 0 Å². The third kappa shape index (κ3) is 5.01. The Bertz CT molecular complexity index is 1080. The van der Waals surface area contributed by atoms with Gasteiger partial charge < -0.3 is 5.32 Å². The van der Waals surface area contributed by atoms with Crippen molar-refractivity contribution in [3.63, 3.8) is 0 Å². The van der Waals surface area contributed by atoms with E-state index in [1.54, 1.807) is 12.1 Å². The molecule has 4 rings (SSSR count). The summed E-state index contributed by atoms with van der Waals surface area (Å²) in [4.78, 5) is 21.6. The van der Waals surface area contributed by atoms with Crippen LogP contribution < -0.4 is 10.6 Å². The van der Waals surface area contributed by atoms with Gasteiger partial charge in [-0.2, -0.15) is 0 Å². The number of anilines is 2. The SMILES string of the molecule is O=C(CNc1ccc(Cl)cc1)Nc1nc(-c2ccccc2)cc(-c2ccccc2)n1. The Balaban J connectivity index is 1.57. The highest BCUT2D eigenvalue weighted by atomic mass is 35.5. The zero-order valence-corrected chi connectivity index (χ0v) is 16.8. The van der Waals surface area contributed by atoms with Crippen molar-refractivity contribution in [1.29, 1.82) is 0 Å². The molecule has 0 saturated heterocycles. The first-order valence-corrected chi connectivity index (χ1v) is 9.84. The molecule has 1 aromatic heterocycles. The van der Waals surface area contributed by atoms with E-state index in [1.165, 1.54) is 0 Å². The molecular formula is C24H19ClN4O. The van der Waals surface area contributed by atoms with E-state index in [1.807, 2.05) is 78.9 Å². The second-order valence-corrected chi connectivity index (χ2v) is 7.04. The fourth-order valence-electron chi connectivity index (χ4n) is 2.94. The summed E-state index contributed by atoms with van der Waals surface area (Å²) >= 11 is 5.89. The summed E-state index contributed by atoms with van der Waals surface area (Å²) in [5.41, 5.74) is 4.19. The number of nitrogens with one attached hydrogen (secondary N) is 2. The number of hydrogen-bond donors (Lipinski definition) is 2. The normalized spacial score (nSPS) is 10.4. The molecule has 0 radical (unpaired) electrons. The van der Waals surface area contributed by atoms with Gasteiger partial charge in [0.1, 0.15) is 0 Å². The molecule has 0 fully saturated rings. The van der Waals surface area contributed by atoms with E-state index in [2.05, 4.69) is 20.6 Å². The molecule has 0 aliphatic heterocycles. The molecule has 0 aliphatic rings. The first kappa shape index (κ1) is 19.6. The molecule has 0 bridgehead atoms. The Morgan fingerprint density at radius 3 is 1.83 bits per heavy atom. The highest BCUT2D eigenvalue weighted by Crippen LogP contribution is 2.25. The van der Waals surface area contributed by atoms with Crippen LogP contribution in [-0.2, 0) is 4.79 Å². The van der Waals surface area contributed by atoms with Gasteiger partial charge in [0.05, 0.1) is 17.9 Å². The van der Waals surface area contributed by atoms with E-state index in [9.17, 15) is 4.79 Å².